The van der Waals surface area contributed by atoms with Crippen LogP contribution in [0.5, 0.6) is 0 Å². The van der Waals surface area contributed by atoms with Crippen molar-refractivity contribution in [3.8, 4) is 0 Å². The van der Waals surface area contributed by atoms with Crippen LogP contribution in [-0.4, -0.2) is 18.1 Å². The smallest absolute Gasteiger partial charge is 0.377 e. The quantitative estimate of drug-likeness (QED) is 0.367. The lowest BCUT2D eigenvalue weighted by molar-refractivity contribution is -0.134. The van der Waals surface area contributed by atoms with Crippen molar-refractivity contribution in [3.63, 3.8) is 0 Å². The molecule has 0 saturated heterocycles. The number of esters is 1. The Morgan fingerprint density at radius 2 is 2.18 bits per heavy atom. The van der Waals surface area contributed by atoms with E-state index in [2.05, 4.69) is 16.6 Å². The Kier molecular flexibility index (Phi) is 3.95. The minimum Gasteiger partial charge on any atom is -0.377 e. The van der Waals surface area contributed by atoms with Crippen molar-refractivity contribution in [2.45, 2.75) is 19.9 Å². The summed E-state index contributed by atoms with van der Waals surface area (Å²) in [5.74, 6) is -0.626. The Bertz CT molecular complexity index is 177. The molecule has 0 aromatic carbocycles. The SMILES string of the molecule is C=CC(C)NC(=O)OC(C)=O. The van der Waals surface area contributed by atoms with Crippen LogP contribution in [0.2, 0.25) is 0 Å². The molecule has 0 spiro atoms. The molecule has 1 N–H and O–H groups in total. The van der Waals surface area contributed by atoms with Gasteiger partial charge in [-0.05, 0) is 6.92 Å². The van der Waals surface area contributed by atoms with E-state index in [1.54, 1.807) is 6.92 Å². The lowest BCUT2D eigenvalue weighted by Crippen LogP contribution is -2.32. The van der Waals surface area contributed by atoms with Gasteiger partial charge in [0.1, 0.15) is 0 Å². The molecule has 0 aromatic rings. The zero-order valence-electron chi connectivity index (χ0n) is 6.59. The van der Waals surface area contributed by atoms with E-state index in [9.17, 15) is 9.59 Å². The summed E-state index contributed by atoms with van der Waals surface area (Å²) in [5, 5.41) is 2.36. The third kappa shape index (κ3) is 5.14. The Morgan fingerprint density at radius 3 is 2.55 bits per heavy atom. The highest BCUT2D eigenvalue weighted by molar-refractivity contribution is 5.83. The molecular formula is C7H11NO3. The fourth-order valence-electron chi connectivity index (χ4n) is 0.405. The monoisotopic (exact) mass is 157 g/mol. The number of nitrogens with one attached hydrogen (secondary N) is 1. The van der Waals surface area contributed by atoms with Crippen LogP contribution < -0.4 is 5.32 Å². The van der Waals surface area contributed by atoms with Gasteiger partial charge in [0.15, 0.2) is 0 Å². The largest absolute Gasteiger partial charge is 0.415 e. The third-order valence-corrected chi connectivity index (χ3v) is 0.936. The summed E-state index contributed by atoms with van der Waals surface area (Å²) in [5.41, 5.74) is 0. The number of ether oxygens (including phenoxy) is 1. The predicted molar refractivity (Wildman–Crippen MR) is 40.0 cm³/mol. The maximum Gasteiger partial charge on any atom is 0.415 e. The molecule has 0 aromatic heterocycles. The van der Waals surface area contributed by atoms with Gasteiger partial charge in [0.05, 0.1) is 0 Å². The van der Waals surface area contributed by atoms with Crippen LogP contribution in [0.15, 0.2) is 12.7 Å². The second-order valence-electron chi connectivity index (χ2n) is 2.05. The van der Waals surface area contributed by atoms with Crippen LogP contribution in [-0.2, 0) is 9.53 Å². The Labute approximate surface area is 65.2 Å². The molecule has 0 saturated carbocycles. The number of rotatable bonds is 2. The summed E-state index contributed by atoms with van der Waals surface area (Å²) in [7, 11) is 0. The van der Waals surface area contributed by atoms with Gasteiger partial charge in [-0.3, -0.25) is 4.79 Å². The van der Waals surface area contributed by atoms with Gasteiger partial charge >= 0.3 is 12.1 Å². The third-order valence-electron chi connectivity index (χ3n) is 0.936. The lowest BCUT2D eigenvalue weighted by Gasteiger charge is -2.06. The fourth-order valence-corrected chi connectivity index (χ4v) is 0.405. The van der Waals surface area contributed by atoms with E-state index in [-0.39, 0.29) is 6.04 Å². The highest BCUT2D eigenvalue weighted by Crippen LogP contribution is 1.84. The van der Waals surface area contributed by atoms with Crippen LogP contribution in [0.25, 0.3) is 0 Å². The summed E-state index contributed by atoms with van der Waals surface area (Å²) in [6.45, 7) is 6.32. The van der Waals surface area contributed by atoms with Gasteiger partial charge in [-0.1, -0.05) is 6.08 Å². The summed E-state index contributed by atoms with van der Waals surface area (Å²) in [6.07, 6.45) is 0.784. The molecule has 0 bridgehead atoms. The van der Waals surface area contributed by atoms with E-state index in [0.717, 1.165) is 6.92 Å². The predicted octanol–water partition coefficient (Wildman–Crippen LogP) is 0.834. The molecular weight excluding hydrogens is 146 g/mol. The van der Waals surface area contributed by atoms with Crippen LogP contribution in [0.4, 0.5) is 4.79 Å². The molecule has 0 rings (SSSR count). The summed E-state index contributed by atoms with van der Waals surface area (Å²) in [4.78, 5) is 20.8. The molecule has 0 heterocycles. The molecule has 0 radical (unpaired) electrons. The Hall–Kier alpha value is -1.32. The molecule has 0 aliphatic carbocycles. The number of alkyl carbamates (subject to hydrolysis) is 1. The number of hydrogen-bond donors (Lipinski definition) is 1. The maximum absolute atomic E-state index is 10.6. The number of carbonyl (C=O) groups excluding carboxylic acids is 2. The second-order valence-corrected chi connectivity index (χ2v) is 2.05. The molecule has 1 amide bonds. The highest BCUT2D eigenvalue weighted by atomic mass is 16.6. The van der Waals surface area contributed by atoms with Gasteiger partial charge in [-0.2, -0.15) is 0 Å². The van der Waals surface area contributed by atoms with E-state index < -0.39 is 12.1 Å². The first-order valence-corrected chi connectivity index (χ1v) is 3.17. The first-order chi connectivity index (χ1) is 5.06. The van der Waals surface area contributed by atoms with Crippen LogP contribution in [0, 0.1) is 0 Å². The van der Waals surface area contributed by atoms with E-state index in [0.29, 0.717) is 0 Å². The van der Waals surface area contributed by atoms with Gasteiger partial charge in [-0.25, -0.2) is 4.79 Å². The summed E-state index contributed by atoms with van der Waals surface area (Å²) in [6, 6.07) is -0.193. The molecule has 0 aliphatic rings. The Balaban J connectivity index is 3.69. The number of carbonyl (C=O) groups is 2. The van der Waals surface area contributed by atoms with Crippen LogP contribution in [0.3, 0.4) is 0 Å². The minimum absolute atomic E-state index is 0.193. The van der Waals surface area contributed by atoms with Gasteiger partial charge in [0, 0.05) is 13.0 Å². The average Bonchev–Trinajstić information content (AvgIpc) is 1.85. The average molecular weight is 157 g/mol. The van der Waals surface area contributed by atoms with Gasteiger partial charge in [0.25, 0.3) is 0 Å². The first-order valence-electron chi connectivity index (χ1n) is 3.17. The van der Waals surface area contributed by atoms with Crippen molar-refractivity contribution in [2.24, 2.45) is 0 Å². The number of amides is 1. The molecule has 1 unspecified atom stereocenters. The molecule has 0 fully saturated rings. The normalized spacial score (nSPS) is 11.5. The maximum atomic E-state index is 10.6. The van der Waals surface area contributed by atoms with E-state index in [1.165, 1.54) is 6.08 Å². The molecule has 62 valence electrons. The summed E-state index contributed by atoms with van der Waals surface area (Å²) < 4.78 is 4.19. The van der Waals surface area contributed by atoms with E-state index >= 15 is 0 Å². The van der Waals surface area contributed by atoms with Crippen molar-refractivity contribution >= 4 is 12.1 Å². The second kappa shape index (κ2) is 4.49. The standard InChI is InChI=1S/C7H11NO3/c1-4-5(2)8-7(10)11-6(3)9/h4-5H,1H2,2-3H3,(H,8,10). The van der Waals surface area contributed by atoms with Crippen molar-refractivity contribution < 1.29 is 14.3 Å². The zero-order chi connectivity index (χ0) is 8.85. The van der Waals surface area contributed by atoms with Gasteiger partial charge in [-0.15, -0.1) is 6.58 Å². The molecule has 4 heteroatoms. The van der Waals surface area contributed by atoms with E-state index in [1.807, 2.05) is 0 Å². The van der Waals surface area contributed by atoms with Crippen molar-refractivity contribution in [3.05, 3.63) is 12.7 Å². The number of hydrogen-bond acceptors (Lipinski definition) is 3. The fraction of sp³-hybridized carbons (Fsp3) is 0.429. The Morgan fingerprint density at radius 1 is 1.64 bits per heavy atom. The molecule has 0 aliphatic heterocycles. The minimum atomic E-state index is -0.745. The van der Waals surface area contributed by atoms with Crippen molar-refractivity contribution in [1.82, 2.24) is 5.32 Å². The zero-order valence-corrected chi connectivity index (χ0v) is 6.59. The van der Waals surface area contributed by atoms with E-state index in [4.69, 9.17) is 0 Å². The molecule has 4 nitrogen and oxygen atoms in total. The molecule has 11 heavy (non-hydrogen) atoms. The summed E-state index contributed by atoms with van der Waals surface area (Å²) >= 11 is 0. The topological polar surface area (TPSA) is 55.4 Å². The lowest BCUT2D eigenvalue weighted by atomic mass is 10.3. The van der Waals surface area contributed by atoms with Crippen LogP contribution in [0.1, 0.15) is 13.8 Å². The van der Waals surface area contributed by atoms with Gasteiger partial charge < -0.3 is 10.1 Å². The molecule has 1 atom stereocenters. The van der Waals surface area contributed by atoms with Crippen molar-refractivity contribution in [2.75, 3.05) is 0 Å². The van der Waals surface area contributed by atoms with Gasteiger partial charge in [0.2, 0.25) is 0 Å². The highest BCUT2D eigenvalue weighted by Gasteiger charge is 2.06. The van der Waals surface area contributed by atoms with Crippen LogP contribution >= 0.6 is 0 Å². The van der Waals surface area contributed by atoms with Crippen molar-refractivity contribution in [1.29, 1.82) is 0 Å². The first kappa shape index (κ1) is 9.68.